The van der Waals surface area contributed by atoms with E-state index in [0.717, 1.165) is 28.2 Å². The van der Waals surface area contributed by atoms with E-state index < -0.39 is 0 Å². The van der Waals surface area contributed by atoms with Gasteiger partial charge in [0.1, 0.15) is 16.5 Å². The van der Waals surface area contributed by atoms with Crippen LogP contribution in [0, 0.1) is 12.7 Å². The van der Waals surface area contributed by atoms with Crippen molar-refractivity contribution in [2.24, 2.45) is 0 Å². The number of aryl methyl sites for hydroxylation is 1. The average molecular weight is 491 g/mol. The lowest BCUT2D eigenvalue weighted by Crippen LogP contribution is -2.32. The molecule has 0 radical (unpaired) electrons. The Morgan fingerprint density at radius 1 is 1.09 bits per heavy atom. The van der Waals surface area contributed by atoms with Crippen LogP contribution >= 0.6 is 11.3 Å². The highest BCUT2D eigenvalue weighted by Crippen LogP contribution is 2.18. The second-order valence-corrected chi connectivity index (χ2v) is 9.20. The molecule has 6 nitrogen and oxygen atoms in total. The quantitative estimate of drug-likeness (QED) is 0.325. The van der Waals surface area contributed by atoms with Crippen LogP contribution in [-0.4, -0.2) is 32.8 Å². The van der Waals surface area contributed by atoms with Crippen LogP contribution in [0.3, 0.4) is 0 Å². The summed E-state index contributed by atoms with van der Waals surface area (Å²) in [5.41, 5.74) is 3.49. The predicted octanol–water partition coefficient (Wildman–Crippen LogP) is 5.75. The number of benzene rings is 2. The van der Waals surface area contributed by atoms with E-state index >= 15 is 0 Å². The Balaban J connectivity index is 1.45. The number of carbonyl (C=O) groups is 2. The number of rotatable bonds is 9. The summed E-state index contributed by atoms with van der Waals surface area (Å²) in [5.74, 6) is -0.684. The van der Waals surface area contributed by atoms with Gasteiger partial charge in [0.2, 0.25) is 0 Å². The normalized spacial score (nSPS) is 10.8. The highest BCUT2D eigenvalue weighted by atomic mass is 32.1. The van der Waals surface area contributed by atoms with Gasteiger partial charge in [0.25, 0.3) is 11.8 Å². The SMILES string of the molecule is CCCN(Cc1cccn1Cc1nc(C(=O)Nc2ccc(F)cc2)cs1)C(=O)c1ccccc1C. The Morgan fingerprint density at radius 2 is 1.86 bits per heavy atom. The number of amides is 2. The molecule has 180 valence electrons. The Morgan fingerprint density at radius 3 is 2.60 bits per heavy atom. The zero-order chi connectivity index (χ0) is 24.8. The van der Waals surface area contributed by atoms with E-state index in [2.05, 4.69) is 17.2 Å². The Kier molecular flexibility index (Phi) is 7.72. The number of nitrogens with one attached hydrogen (secondary N) is 1. The molecule has 0 saturated heterocycles. The van der Waals surface area contributed by atoms with Crippen LogP contribution in [0.1, 0.15) is 50.5 Å². The molecule has 35 heavy (non-hydrogen) atoms. The van der Waals surface area contributed by atoms with E-state index in [4.69, 9.17) is 0 Å². The lowest BCUT2D eigenvalue weighted by molar-refractivity contribution is 0.0738. The molecule has 2 heterocycles. The van der Waals surface area contributed by atoms with E-state index in [-0.39, 0.29) is 17.6 Å². The molecule has 2 aromatic carbocycles. The second-order valence-electron chi connectivity index (χ2n) is 8.26. The zero-order valence-corrected chi connectivity index (χ0v) is 20.5. The van der Waals surface area contributed by atoms with E-state index in [1.807, 2.05) is 59.0 Å². The van der Waals surface area contributed by atoms with E-state index in [9.17, 15) is 14.0 Å². The second kappa shape index (κ2) is 11.1. The van der Waals surface area contributed by atoms with Crippen molar-refractivity contribution >= 4 is 28.8 Å². The van der Waals surface area contributed by atoms with Gasteiger partial charge in [-0.1, -0.05) is 25.1 Å². The highest BCUT2D eigenvalue weighted by molar-refractivity contribution is 7.09. The van der Waals surface area contributed by atoms with Crippen molar-refractivity contribution in [3.8, 4) is 0 Å². The molecule has 0 aliphatic carbocycles. The Labute approximate surface area is 208 Å². The number of hydrogen-bond acceptors (Lipinski definition) is 4. The molecule has 1 N–H and O–H groups in total. The smallest absolute Gasteiger partial charge is 0.275 e. The average Bonchev–Trinajstić information content (AvgIpc) is 3.50. The minimum atomic E-state index is -0.362. The van der Waals surface area contributed by atoms with Gasteiger partial charge in [-0.3, -0.25) is 9.59 Å². The van der Waals surface area contributed by atoms with Gasteiger partial charge in [-0.15, -0.1) is 11.3 Å². The minimum absolute atomic E-state index is 0.0201. The van der Waals surface area contributed by atoms with Crippen molar-refractivity contribution in [1.29, 1.82) is 0 Å². The summed E-state index contributed by atoms with van der Waals surface area (Å²) in [4.78, 5) is 32.1. The van der Waals surface area contributed by atoms with Crippen LogP contribution in [0.5, 0.6) is 0 Å². The molecular weight excluding hydrogens is 463 g/mol. The number of anilines is 1. The summed E-state index contributed by atoms with van der Waals surface area (Å²) in [5, 5.41) is 5.22. The molecule has 4 aromatic rings. The number of nitrogens with zero attached hydrogens (tertiary/aromatic N) is 3. The molecule has 0 spiro atoms. The molecule has 0 bridgehead atoms. The molecule has 2 amide bonds. The molecule has 2 aromatic heterocycles. The molecule has 0 aliphatic heterocycles. The van der Waals surface area contributed by atoms with Crippen LogP contribution in [0.15, 0.2) is 72.2 Å². The van der Waals surface area contributed by atoms with Gasteiger partial charge in [0, 0.05) is 35.1 Å². The van der Waals surface area contributed by atoms with Crippen molar-refractivity contribution in [1.82, 2.24) is 14.5 Å². The van der Waals surface area contributed by atoms with Crippen molar-refractivity contribution < 1.29 is 14.0 Å². The first kappa shape index (κ1) is 24.3. The van der Waals surface area contributed by atoms with Gasteiger partial charge >= 0.3 is 0 Å². The van der Waals surface area contributed by atoms with Crippen LogP contribution in [0.25, 0.3) is 0 Å². The third kappa shape index (κ3) is 6.02. The minimum Gasteiger partial charge on any atom is -0.343 e. The maximum atomic E-state index is 13.2. The number of carbonyl (C=O) groups excluding carboxylic acids is 2. The first-order valence-electron chi connectivity index (χ1n) is 11.4. The molecule has 0 unspecified atom stereocenters. The van der Waals surface area contributed by atoms with Crippen molar-refractivity contribution in [2.75, 3.05) is 11.9 Å². The van der Waals surface area contributed by atoms with Gasteiger partial charge in [0.15, 0.2) is 0 Å². The number of thiazole rings is 1. The van der Waals surface area contributed by atoms with Gasteiger partial charge in [-0.25, -0.2) is 9.37 Å². The van der Waals surface area contributed by atoms with Crippen molar-refractivity contribution in [2.45, 2.75) is 33.4 Å². The molecule has 0 fully saturated rings. The summed E-state index contributed by atoms with van der Waals surface area (Å²) >= 11 is 1.40. The third-order valence-electron chi connectivity index (χ3n) is 5.62. The monoisotopic (exact) mass is 490 g/mol. The fourth-order valence-electron chi connectivity index (χ4n) is 3.81. The molecule has 0 saturated carbocycles. The topological polar surface area (TPSA) is 67.2 Å². The maximum Gasteiger partial charge on any atom is 0.275 e. The largest absolute Gasteiger partial charge is 0.343 e. The molecule has 0 atom stereocenters. The van der Waals surface area contributed by atoms with Crippen LogP contribution in [-0.2, 0) is 13.1 Å². The predicted molar refractivity (Wildman–Crippen MR) is 136 cm³/mol. The van der Waals surface area contributed by atoms with Gasteiger partial charge < -0.3 is 14.8 Å². The zero-order valence-electron chi connectivity index (χ0n) is 19.7. The first-order chi connectivity index (χ1) is 16.9. The highest BCUT2D eigenvalue weighted by Gasteiger charge is 2.19. The molecular formula is C27H27FN4O2S. The molecule has 8 heteroatoms. The summed E-state index contributed by atoms with van der Waals surface area (Å²) in [6.07, 6.45) is 2.81. The lowest BCUT2D eigenvalue weighted by Gasteiger charge is -2.24. The van der Waals surface area contributed by atoms with Crippen molar-refractivity contribution in [3.63, 3.8) is 0 Å². The number of hydrogen-bond donors (Lipinski definition) is 1. The van der Waals surface area contributed by atoms with E-state index in [0.29, 0.717) is 31.0 Å². The number of halogens is 1. The van der Waals surface area contributed by atoms with Crippen LogP contribution in [0.4, 0.5) is 10.1 Å². The number of aromatic nitrogens is 2. The van der Waals surface area contributed by atoms with Crippen molar-refractivity contribution in [3.05, 3.63) is 106 Å². The summed E-state index contributed by atoms with van der Waals surface area (Å²) in [6.45, 7) is 5.65. The van der Waals surface area contributed by atoms with Crippen LogP contribution in [0.2, 0.25) is 0 Å². The van der Waals surface area contributed by atoms with E-state index in [1.54, 1.807) is 5.38 Å². The first-order valence-corrected chi connectivity index (χ1v) is 12.3. The summed E-state index contributed by atoms with van der Waals surface area (Å²) < 4.78 is 15.1. The summed E-state index contributed by atoms with van der Waals surface area (Å²) in [6, 6.07) is 17.2. The lowest BCUT2D eigenvalue weighted by atomic mass is 10.1. The standard InChI is InChI=1S/C27H27FN4O2S/c1-3-14-32(27(34)23-9-5-4-7-19(23)2)16-22-8-6-15-31(22)17-25-30-24(18-35-25)26(33)29-21-12-10-20(28)11-13-21/h4-13,15,18H,3,14,16-17H2,1-2H3,(H,29,33). The Hall–Kier alpha value is -3.78. The van der Waals surface area contributed by atoms with Gasteiger partial charge in [0.05, 0.1) is 13.1 Å². The van der Waals surface area contributed by atoms with E-state index in [1.165, 1.54) is 35.6 Å². The maximum absolute atomic E-state index is 13.2. The van der Waals surface area contributed by atoms with Gasteiger partial charge in [-0.05, 0) is 61.4 Å². The third-order valence-corrected chi connectivity index (χ3v) is 6.46. The summed E-state index contributed by atoms with van der Waals surface area (Å²) in [7, 11) is 0. The fraction of sp³-hybridized carbons (Fsp3) is 0.222. The molecule has 0 aliphatic rings. The van der Waals surface area contributed by atoms with Gasteiger partial charge in [-0.2, -0.15) is 0 Å². The molecule has 4 rings (SSSR count). The Bertz CT molecular complexity index is 1310. The van der Waals surface area contributed by atoms with Crippen LogP contribution < -0.4 is 5.32 Å². The fourth-order valence-corrected chi connectivity index (χ4v) is 4.58.